The zero-order chi connectivity index (χ0) is 14.6. The first-order chi connectivity index (χ1) is 9.53. The molecule has 21 heavy (non-hydrogen) atoms. The number of sulfonamides is 1. The summed E-state index contributed by atoms with van der Waals surface area (Å²) >= 11 is 1.14. The molecule has 1 atom stereocenters. The third-order valence-corrected chi connectivity index (χ3v) is 6.10. The summed E-state index contributed by atoms with van der Waals surface area (Å²) < 4.78 is 26.4. The number of carbonyl (C=O) groups excluding carboxylic acids is 1. The number of nitrogens with one attached hydrogen (secondary N) is 2. The number of hydrogen-bond acceptors (Lipinski definition) is 5. The molecule has 1 aromatic rings. The van der Waals surface area contributed by atoms with Crippen molar-refractivity contribution in [2.45, 2.75) is 10.6 Å². The Morgan fingerprint density at radius 2 is 2.29 bits per heavy atom. The standard InChI is InChI=1S/C12H19N3O3S2.ClH/c1-13-7-10-4-5-15(9-10)11(16)8-14-20(17,18)12-3-2-6-19-12;/h2-3,6,10,13-14H,4-5,7-9H2,1H3;1H. The van der Waals surface area contributed by atoms with E-state index in [1.54, 1.807) is 16.3 Å². The monoisotopic (exact) mass is 353 g/mol. The lowest BCUT2D eigenvalue weighted by Gasteiger charge is -2.16. The number of halogens is 1. The lowest BCUT2D eigenvalue weighted by atomic mass is 10.1. The summed E-state index contributed by atoms with van der Waals surface area (Å²) in [6.07, 6.45) is 0.963. The maximum atomic E-state index is 12.0. The lowest BCUT2D eigenvalue weighted by molar-refractivity contribution is -0.129. The van der Waals surface area contributed by atoms with Crippen molar-refractivity contribution in [1.82, 2.24) is 14.9 Å². The predicted octanol–water partition coefficient (Wildman–Crippen LogP) is 0.516. The Kier molecular flexibility index (Phi) is 7.08. The molecule has 2 heterocycles. The first-order valence-electron chi connectivity index (χ1n) is 6.48. The fourth-order valence-electron chi connectivity index (χ4n) is 2.27. The predicted molar refractivity (Wildman–Crippen MR) is 85.4 cm³/mol. The Balaban J connectivity index is 0.00000220. The van der Waals surface area contributed by atoms with E-state index in [4.69, 9.17) is 0 Å². The van der Waals surface area contributed by atoms with Gasteiger partial charge in [-0.1, -0.05) is 6.07 Å². The summed E-state index contributed by atoms with van der Waals surface area (Å²) in [7, 11) is -1.67. The van der Waals surface area contributed by atoms with Crippen molar-refractivity contribution >= 4 is 39.7 Å². The summed E-state index contributed by atoms with van der Waals surface area (Å²) in [5, 5.41) is 4.79. The van der Waals surface area contributed by atoms with Crippen LogP contribution in [0.2, 0.25) is 0 Å². The molecule has 1 aromatic heterocycles. The average molecular weight is 354 g/mol. The molecular weight excluding hydrogens is 334 g/mol. The van der Waals surface area contributed by atoms with Crippen LogP contribution in [0.3, 0.4) is 0 Å². The van der Waals surface area contributed by atoms with Gasteiger partial charge in [0.1, 0.15) is 4.21 Å². The molecule has 9 heteroatoms. The number of likely N-dealkylation sites (tertiary alicyclic amines) is 1. The highest BCUT2D eigenvalue weighted by Crippen LogP contribution is 2.17. The van der Waals surface area contributed by atoms with Gasteiger partial charge in [0.05, 0.1) is 6.54 Å². The topological polar surface area (TPSA) is 78.5 Å². The van der Waals surface area contributed by atoms with Gasteiger partial charge in [0.15, 0.2) is 0 Å². The van der Waals surface area contributed by atoms with Crippen molar-refractivity contribution in [2.75, 3.05) is 33.2 Å². The Bertz CT molecular complexity index is 548. The number of amides is 1. The highest BCUT2D eigenvalue weighted by atomic mass is 35.5. The van der Waals surface area contributed by atoms with Crippen LogP contribution < -0.4 is 10.0 Å². The molecule has 0 aliphatic carbocycles. The third-order valence-electron chi connectivity index (χ3n) is 3.30. The molecular formula is C12H20ClN3O3S2. The van der Waals surface area contributed by atoms with E-state index in [1.807, 2.05) is 7.05 Å². The molecule has 0 saturated carbocycles. The summed E-state index contributed by atoms with van der Waals surface area (Å²) in [5.74, 6) is 0.293. The molecule has 120 valence electrons. The quantitative estimate of drug-likeness (QED) is 0.781. The van der Waals surface area contributed by atoms with Crippen molar-refractivity contribution in [2.24, 2.45) is 5.92 Å². The maximum Gasteiger partial charge on any atom is 0.250 e. The molecule has 2 rings (SSSR count). The van der Waals surface area contributed by atoms with Gasteiger partial charge in [-0.05, 0) is 37.4 Å². The van der Waals surface area contributed by atoms with Crippen LogP contribution >= 0.6 is 23.7 Å². The molecule has 6 nitrogen and oxygen atoms in total. The van der Waals surface area contributed by atoms with Crippen molar-refractivity contribution < 1.29 is 13.2 Å². The van der Waals surface area contributed by atoms with Crippen molar-refractivity contribution in [3.8, 4) is 0 Å². The molecule has 0 aromatic carbocycles. The third kappa shape index (κ3) is 4.93. The van der Waals surface area contributed by atoms with Gasteiger partial charge in [0.2, 0.25) is 5.91 Å². The van der Waals surface area contributed by atoms with Gasteiger partial charge < -0.3 is 10.2 Å². The van der Waals surface area contributed by atoms with Crippen LogP contribution in [0.15, 0.2) is 21.7 Å². The van der Waals surface area contributed by atoms with Gasteiger partial charge in [-0.2, -0.15) is 0 Å². The van der Waals surface area contributed by atoms with Crippen molar-refractivity contribution in [3.63, 3.8) is 0 Å². The van der Waals surface area contributed by atoms with Crippen LogP contribution in [-0.4, -0.2) is 52.5 Å². The van der Waals surface area contributed by atoms with Gasteiger partial charge in [-0.15, -0.1) is 23.7 Å². The second kappa shape index (κ2) is 8.09. The van der Waals surface area contributed by atoms with Gasteiger partial charge in [0, 0.05) is 13.1 Å². The maximum absolute atomic E-state index is 12.0. The normalized spacial score (nSPS) is 18.5. The minimum Gasteiger partial charge on any atom is -0.341 e. The molecule has 1 fully saturated rings. The average Bonchev–Trinajstić information content (AvgIpc) is 3.07. The highest BCUT2D eigenvalue weighted by Gasteiger charge is 2.26. The Labute approximate surface area is 135 Å². The van der Waals surface area contributed by atoms with E-state index in [1.165, 1.54) is 6.07 Å². The van der Waals surface area contributed by atoms with Crippen LogP contribution in [0.1, 0.15) is 6.42 Å². The molecule has 1 aliphatic rings. The zero-order valence-electron chi connectivity index (χ0n) is 11.7. The van der Waals surface area contributed by atoms with E-state index in [0.717, 1.165) is 24.3 Å². The Morgan fingerprint density at radius 1 is 1.52 bits per heavy atom. The SMILES string of the molecule is CNCC1CCN(C(=O)CNS(=O)(=O)c2cccs2)C1.Cl. The van der Waals surface area contributed by atoms with Gasteiger partial charge in [-0.3, -0.25) is 4.79 Å². The van der Waals surface area contributed by atoms with E-state index in [9.17, 15) is 13.2 Å². The van der Waals surface area contributed by atoms with Crippen LogP contribution in [0, 0.1) is 5.92 Å². The van der Waals surface area contributed by atoms with Gasteiger partial charge in [-0.25, -0.2) is 13.1 Å². The van der Waals surface area contributed by atoms with Crippen LogP contribution in [0.4, 0.5) is 0 Å². The molecule has 2 N–H and O–H groups in total. The van der Waals surface area contributed by atoms with E-state index >= 15 is 0 Å². The van der Waals surface area contributed by atoms with E-state index < -0.39 is 10.0 Å². The molecule has 0 spiro atoms. The van der Waals surface area contributed by atoms with Crippen LogP contribution in [0.5, 0.6) is 0 Å². The minimum atomic E-state index is -3.56. The number of nitrogens with zero attached hydrogens (tertiary/aromatic N) is 1. The van der Waals surface area contributed by atoms with E-state index in [-0.39, 0.29) is 29.1 Å². The first-order valence-corrected chi connectivity index (χ1v) is 8.85. The minimum absolute atomic E-state index is 0. The van der Waals surface area contributed by atoms with Crippen LogP contribution in [0.25, 0.3) is 0 Å². The fourth-order valence-corrected chi connectivity index (χ4v) is 4.28. The van der Waals surface area contributed by atoms with Crippen LogP contribution in [-0.2, 0) is 14.8 Å². The molecule has 1 aliphatic heterocycles. The highest BCUT2D eigenvalue weighted by molar-refractivity contribution is 7.91. The first kappa shape index (κ1) is 18.4. The lowest BCUT2D eigenvalue weighted by Crippen LogP contribution is -2.39. The number of carbonyl (C=O) groups is 1. The summed E-state index contributed by atoms with van der Waals surface area (Å²) in [4.78, 5) is 13.7. The van der Waals surface area contributed by atoms with Crippen molar-refractivity contribution in [3.05, 3.63) is 17.5 Å². The second-order valence-corrected chi connectivity index (χ2v) is 7.75. The summed E-state index contributed by atoms with van der Waals surface area (Å²) in [5.41, 5.74) is 0. The molecule has 0 bridgehead atoms. The number of rotatable bonds is 6. The Hall–Kier alpha value is -0.670. The second-order valence-electron chi connectivity index (χ2n) is 4.81. The number of hydrogen-bond donors (Lipinski definition) is 2. The fraction of sp³-hybridized carbons (Fsp3) is 0.583. The Morgan fingerprint density at radius 3 is 2.90 bits per heavy atom. The largest absolute Gasteiger partial charge is 0.341 e. The molecule has 1 saturated heterocycles. The van der Waals surface area contributed by atoms with E-state index in [0.29, 0.717) is 19.0 Å². The molecule has 1 unspecified atom stereocenters. The smallest absolute Gasteiger partial charge is 0.250 e. The molecule has 0 radical (unpaired) electrons. The summed E-state index contributed by atoms with van der Waals surface area (Å²) in [6, 6.07) is 3.19. The zero-order valence-corrected chi connectivity index (χ0v) is 14.2. The van der Waals surface area contributed by atoms with Gasteiger partial charge in [0.25, 0.3) is 10.0 Å². The van der Waals surface area contributed by atoms with E-state index in [2.05, 4.69) is 10.0 Å². The summed E-state index contributed by atoms with van der Waals surface area (Å²) in [6.45, 7) is 2.10. The van der Waals surface area contributed by atoms with Gasteiger partial charge >= 0.3 is 0 Å². The number of thiophene rings is 1. The van der Waals surface area contributed by atoms with Crippen molar-refractivity contribution in [1.29, 1.82) is 0 Å². The molecule has 1 amide bonds.